The van der Waals surface area contributed by atoms with Crippen LogP contribution >= 0.6 is 11.3 Å². The number of hydrogen-bond donors (Lipinski definition) is 2. The maximum Gasteiger partial charge on any atom is 0.268 e. The Bertz CT molecular complexity index is 2770. The lowest BCUT2D eigenvalue weighted by molar-refractivity contribution is 0.0998. The van der Waals surface area contributed by atoms with Gasteiger partial charge in [0.2, 0.25) is 0 Å². The van der Waals surface area contributed by atoms with Crippen LogP contribution in [0.15, 0.2) is 101 Å². The molecule has 0 aliphatic carbocycles. The van der Waals surface area contributed by atoms with Crippen molar-refractivity contribution in [1.82, 2.24) is 24.7 Å². The normalized spacial score (nSPS) is 12.6. The minimum absolute atomic E-state index is 0.0149. The lowest BCUT2D eigenvalue weighted by atomic mass is 10.1. The second-order valence-corrected chi connectivity index (χ2v) is 18.6. The van der Waals surface area contributed by atoms with Crippen LogP contribution < -0.4 is 29.2 Å². The number of aromatic nitrogens is 5. The zero-order valence-electron chi connectivity index (χ0n) is 33.8. The van der Waals surface area contributed by atoms with Crippen molar-refractivity contribution in [3.63, 3.8) is 0 Å². The van der Waals surface area contributed by atoms with Crippen LogP contribution in [-0.2, 0) is 26.7 Å². The molecule has 2 atom stereocenters. The van der Waals surface area contributed by atoms with E-state index in [2.05, 4.69) is 25.4 Å². The molecule has 0 spiro atoms. The maximum atomic E-state index is 15.0. The van der Waals surface area contributed by atoms with Crippen LogP contribution in [-0.4, -0.2) is 96.0 Å². The van der Waals surface area contributed by atoms with Crippen molar-refractivity contribution < 1.29 is 54.9 Å². The summed E-state index contributed by atoms with van der Waals surface area (Å²) in [6.07, 6.45) is 4.70. The number of benzene rings is 2. The van der Waals surface area contributed by atoms with Crippen LogP contribution in [0.4, 0.5) is 21.0 Å². The summed E-state index contributed by atoms with van der Waals surface area (Å²) in [5, 5.41) is 18.4. The fourth-order valence-corrected chi connectivity index (χ4v) is 7.50. The number of halogens is 1. The predicted molar refractivity (Wildman–Crippen MR) is 225 cm³/mol. The third-order valence-corrected chi connectivity index (χ3v) is 11.9. The standard InChI is InChI=1S/C40H40FN7O11S3/c1-6-62(54,55)36-10-8-27(21-44-36)58-30-16-26(15-29(17-30)57-25(3)23-49)38(50)45-37-32(39(51)48(40-42-12-14-60-40)34-11-13-47(4)46-34)18-31(56-24(2)20-41)19-33(37)59-28-7-9-35(43-22-28)61(5,52)53/h7-19,21-22,24-25,49H,6,20,23H2,1-5H3,(H,45,50). The van der Waals surface area contributed by atoms with Gasteiger partial charge in [-0.15, -0.1) is 11.3 Å². The molecule has 2 aromatic carbocycles. The van der Waals surface area contributed by atoms with Crippen molar-refractivity contribution >= 4 is 59.5 Å². The van der Waals surface area contributed by atoms with Crippen molar-refractivity contribution in [3.8, 4) is 34.5 Å². The first-order chi connectivity index (χ1) is 29.5. The number of sulfone groups is 2. The average Bonchev–Trinajstić information content (AvgIpc) is 3.94. The molecule has 6 rings (SSSR count). The number of nitrogens with zero attached hydrogens (tertiary/aromatic N) is 6. The van der Waals surface area contributed by atoms with E-state index in [0.29, 0.717) is 0 Å². The van der Waals surface area contributed by atoms with E-state index in [1.165, 1.54) is 90.4 Å². The van der Waals surface area contributed by atoms with Gasteiger partial charge in [-0.3, -0.25) is 14.3 Å². The van der Waals surface area contributed by atoms with Crippen molar-refractivity contribution in [2.45, 2.75) is 43.0 Å². The largest absolute Gasteiger partial charge is 0.488 e. The van der Waals surface area contributed by atoms with E-state index in [4.69, 9.17) is 18.9 Å². The van der Waals surface area contributed by atoms with E-state index in [1.54, 1.807) is 31.6 Å². The molecule has 4 aromatic heterocycles. The lowest BCUT2D eigenvalue weighted by Gasteiger charge is -2.23. The van der Waals surface area contributed by atoms with Crippen LogP contribution in [0.3, 0.4) is 0 Å². The SMILES string of the molecule is CCS(=O)(=O)c1ccc(Oc2cc(OC(C)CO)cc(C(=O)Nc3c(Oc4ccc(S(C)(=O)=O)nc4)cc(OC(C)CF)cc3C(=O)N(c3ccn(C)n3)c3nccs3)c2)cn1. The molecule has 2 amide bonds. The summed E-state index contributed by atoms with van der Waals surface area (Å²) in [5.41, 5.74) is -0.541. The molecule has 6 aromatic rings. The number of carbonyl (C=O) groups excluding carboxylic acids is 2. The molecule has 0 saturated carbocycles. The highest BCUT2D eigenvalue weighted by molar-refractivity contribution is 7.91. The van der Waals surface area contributed by atoms with Gasteiger partial charge in [0, 0.05) is 54.8 Å². The van der Waals surface area contributed by atoms with Gasteiger partial charge >= 0.3 is 0 Å². The van der Waals surface area contributed by atoms with Gasteiger partial charge in [-0.2, -0.15) is 5.10 Å². The number of anilines is 3. The number of thiazole rings is 1. The Morgan fingerprint density at radius 1 is 0.871 bits per heavy atom. The van der Waals surface area contributed by atoms with Gasteiger partial charge in [0.1, 0.15) is 47.6 Å². The van der Waals surface area contributed by atoms with E-state index in [1.807, 2.05) is 0 Å². The summed E-state index contributed by atoms with van der Waals surface area (Å²) >= 11 is 1.12. The molecule has 0 radical (unpaired) electrons. The Balaban J connectivity index is 1.49. The molecule has 62 heavy (non-hydrogen) atoms. The monoisotopic (exact) mass is 909 g/mol. The number of alkyl halides is 1. The van der Waals surface area contributed by atoms with Gasteiger partial charge in [0.05, 0.1) is 36.0 Å². The van der Waals surface area contributed by atoms with E-state index >= 15 is 0 Å². The molecule has 22 heteroatoms. The van der Waals surface area contributed by atoms with Crippen molar-refractivity contribution in [3.05, 3.63) is 102 Å². The van der Waals surface area contributed by atoms with E-state index in [0.717, 1.165) is 23.8 Å². The Labute approximate surface area is 359 Å². The highest BCUT2D eigenvalue weighted by Gasteiger charge is 2.30. The number of amides is 2. The third kappa shape index (κ3) is 10.9. The van der Waals surface area contributed by atoms with E-state index in [9.17, 15) is 35.9 Å². The first kappa shape index (κ1) is 45.0. The summed E-state index contributed by atoms with van der Waals surface area (Å²) in [4.78, 5) is 43.0. The molecule has 0 aliphatic heterocycles. The molecule has 0 bridgehead atoms. The molecule has 0 aliphatic rings. The highest BCUT2D eigenvalue weighted by Crippen LogP contribution is 2.41. The molecule has 326 valence electrons. The van der Waals surface area contributed by atoms with Crippen molar-refractivity contribution in [2.24, 2.45) is 7.05 Å². The number of carbonyl (C=O) groups is 2. The Kier molecular flexibility index (Phi) is 13.8. The highest BCUT2D eigenvalue weighted by atomic mass is 32.2. The summed E-state index contributed by atoms with van der Waals surface area (Å²) in [6.45, 7) is 3.27. The zero-order valence-corrected chi connectivity index (χ0v) is 36.2. The number of rotatable bonds is 18. The summed E-state index contributed by atoms with van der Waals surface area (Å²) in [6, 6.07) is 13.5. The number of nitrogens with one attached hydrogen (secondary N) is 1. The summed E-state index contributed by atoms with van der Waals surface area (Å²) < 4.78 is 88.2. The number of hydrogen-bond acceptors (Lipinski definition) is 16. The minimum atomic E-state index is -3.69. The van der Waals surface area contributed by atoms with Gasteiger partial charge in [0.25, 0.3) is 11.8 Å². The molecule has 2 N–H and O–H groups in total. The Hall–Kier alpha value is -6.49. The van der Waals surface area contributed by atoms with Crippen LogP contribution in [0.5, 0.6) is 34.5 Å². The molecule has 0 fully saturated rings. The average molecular weight is 910 g/mol. The van der Waals surface area contributed by atoms with Gasteiger partial charge in [-0.1, -0.05) is 6.92 Å². The van der Waals surface area contributed by atoms with Crippen LogP contribution in [0.1, 0.15) is 41.5 Å². The van der Waals surface area contributed by atoms with Crippen LogP contribution in [0.25, 0.3) is 0 Å². The maximum absolute atomic E-state index is 15.0. The molecule has 2 unspecified atom stereocenters. The minimum Gasteiger partial charge on any atom is -0.488 e. The zero-order chi connectivity index (χ0) is 44.8. The Morgan fingerprint density at radius 3 is 2.11 bits per heavy atom. The Morgan fingerprint density at radius 2 is 1.53 bits per heavy atom. The fraction of sp³-hybridized carbons (Fsp3) is 0.250. The quantitative estimate of drug-likeness (QED) is 0.0981. The van der Waals surface area contributed by atoms with Crippen LogP contribution in [0.2, 0.25) is 0 Å². The number of pyridine rings is 2. The first-order valence-electron chi connectivity index (χ1n) is 18.6. The van der Waals surface area contributed by atoms with Crippen molar-refractivity contribution in [2.75, 3.05) is 35.5 Å². The fourth-order valence-electron chi connectivity index (χ4n) is 5.51. The number of aliphatic hydroxyl groups excluding tert-OH is 1. The number of aliphatic hydroxyl groups is 1. The first-order valence-corrected chi connectivity index (χ1v) is 23.0. The number of aryl methyl sites for hydroxylation is 1. The van der Waals surface area contributed by atoms with Gasteiger partial charge in [0.15, 0.2) is 46.4 Å². The third-order valence-electron chi connectivity index (χ3n) is 8.54. The predicted octanol–water partition coefficient (Wildman–Crippen LogP) is 6.18. The molecule has 4 heterocycles. The summed E-state index contributed by atoms with van der Waals surface area (Å²) in [5.74, 6) is -1.62. The second-order valence-electron chi connectivity index (χ2n) is 13.5. The molecule has 18 nitrogen and oxygen atoms in total. The van der Waals surface area contributed by atoms with Gasteiger partial charge in [-0.05, 0) is 56.3 Å². The van der Waals surface area contributed by atoms with Gasteiger partial charge in [-0.25, -0.2) is 41.1 Å². The van der Waals surface area contributed by atoms with E-state index < -0.39 is 50.4 Å². The van der Waals surface area contributed by atoms with E-state index in [-0.39, 0.29) is 84.7 Å². The van der Waals surface area contributed by atoms with Crippen molar-refractivity contribution in [1.29, 1.82) is 0 Å². The topological polar surface area (TPSA) is 231 Å². The molecular weight excluding hydrogens is 870 g/mol. The lowest BCUT2D eigenvalue weighted by Crippen LogP contribution is -2.28. The second kappa shape index (κ2) is 19.1. The van der Waals surface area contributed by atoms with Gasteiger partial charge < -0.3 is 29.4 Å². The number of ether oxygens (including phenoxy) is 4. The summed E-state index contributed by atoms with van der Waals surface area (Å²) in [7, 11) is -5.64. The van der Waals surface area contributed by atoms with Crippen LogP contribution in [0, 0.1) is 0 Å². The molecule has 0 saturated heterocycles. The smallest absolute Gasteiger partial charge is 0.268 e. The molecular formula is C40H40FN7O11S3.